The van der Waals surface area contributed by atoms with Gasteiger partial charge in [0.25, 0.3) is 0 Å². The molecule has 0 spiro atoms. The SMILES string of the molecule is Cc1cccc(-c2nc(C)ccc2N)n1. The first kappa shape index (κ1) is 9.65. The molecular formula is C12H13N3. The monoisotopic (exact) mass is 199 g/mol. The number of nitrogens with two attached hydrogens (primary N) is 1. The largest absolute Gasteiger partial charge is 0.397 e. The van der Waals surface area contributed by atoms with Crippen molar-refractivity contribution >= 4 is 5.69 Å². The average molecular weight is 199 g/mol. The Morgan fingerprint density at radius 3 is 2.40 bits per heavy atom. The smallest absolute Gasteiger partial charge is 0.112 e. The summed E-state index contributed by atoms with van der Waals surface area (Å²) in [5, 5.41) is 0. The van der Waals surface area contributed by atoms with Gasteiger partial charge in [0.05, 0.1) is 11.4 Å². The van der Waals surface area contributed by atoms with E-state index in [0.29, 0.717) is 5.69 Å². The number of nitrogen functional groups attached to an aromatic ring is 1. The molecule has 0 atom stereocenters. The van der Waals surface area contributed by atoms with E-state index >= 15 is 0 Å². The zero-order valence-corrected chi connectivity index (χ0v) is 8.86. The number of aryl methyl sites for hydroxylation is 2. The third-order valence-corrected chi connectivity index (χ3v) is 2.20. The topological polar surface area (TPSA) is 51.8 Å². The number of hydrogen-bond acceptors (Lipinski definition) is 3. The van der Waals surface area contributed by atoms with Gasteiger partial charge in [-0.15, -0.1) is 0 Å². The number of pyridine rings is 2. The number of anilines is 1. The zero-order valence-electron chi connectivity index (χ0n) is 8.86. The van der Waals surface area contributed by atoms with Gasteiger partial charge < -0.3 is 5.73 Å². The fraction of sp³-hybridized carbons (Fsp3) is 0.167. The van der Waals surface area contributed by atoms with Gasteiger partial charge in [0.2, 0.25) is 0 Å². The first-order valence-electron chi connectivity index (χ1n) is 4.84. The fourth-order valence-electron chi connectivity index (χ4n) is 1.45. The van der Waals surface area contributed by atoms with Crippen LogP contribution in [0.4, 0.5) is 5.69 Å². The second kappa shape index (κ2) is 3.69. The molecule has 76 valence electrons. The van der Waals surface area contributed by atoms with Crippen LogP contribution in [0.2, 0.25) is 0 Å². The van der Waals surface area contributed by atoms with Crippen LogP contribution in [-0.2, 0) is 0 Å². The van der Waals surface area contributed by atoms with Crippen molar-refractivity contribution in [3.63, 3.8) is 0 Å². The molecule has 0 aromatic carbocycles. The molecule has 0 radical (unpaired) electrons. The summed E-state index contributed by atoms with van der Waals surface area (Å²) in [5.74, 6) is 0. The molecule has 0 amide bonds. The average Bonchev–Trinajstić information content (AvgIpc) is 2.22. The van der Waals surface area contributed by atoms with Gasteiger partial charge in [-0.3, -0.25) is 4.98 Å². The van der Waals surface area contributed by atoms with Gasteiger partial charge in [-0.25, -0.2) is 4.98 Å². The first-order valence-corrected chi connectivity index (χ1v) is 4.84. The zero-order chi connectivity index (χ0) is 10.8. The van der Waals surface area contributed by atoms with Crippen LogP contribution >= 0.6 is 0 Å². The Morgan fingerprint density at radius 2 is 1.67 bits per heavy atom. The Kier molecular flexibility index (Phi) is 2.37. The van der Waals surface area contributed by atoms with Gasteiger partial charge in [-0.2, -0.15) is 0 Å². The Hall–Kier alpha value is -1.90. The van der Waals surface area contributed by atoms with Crippen LogP contribution in [0.5, 0.6) is 0 Å². The Balaban J connectivity index is 2.58. The molecule has 2 heterocycles. The molecule has 2 aromatic heterocycles. The second-order valence-electron chi connectivity index (χ2n) is 3.55. The van der Waals surface area contributed by atoms with Gasteiger partial charge >= 0.3 is 0 Å². The lowest BCUT2D eigenvalue weighted by molar-refractivity contribution is 1.15. The molecule has 0 fully saturated rings. The van der Waals surface area contributed by atoms with Crippen molar-refractivity contribution in [2.24, 2.45) is 0 Å². The van der Waals surface area contributed by atoms with Gasteiger partial charge in [0.1, 0.15) is 5.69 Å². The maximum Gasteiger partial charge on any atom is 0.112 e. The van der Waals surface area contributed by atoms with Crippen LogP contribution in [0.1, 0.15) is 11.4 Å². The van der Waals surface area contributed by atoms with E-state index in [0.717, 1.165) is 22.8 Å². The first-order chi connectivity index (χ1) is 7.16. The van der Waals surface area contributed by atoms with Crippen LogP contribution in [0.15, 0.2) is 30.3 Å². The van der Waals surface area contributed by atoms with E-state index < -0.39 is 0 Å². The minimum Gasteiger partial charge on any atom is -0.397 e. The summed E-state index contributed by atoms with van der Waals surface area (Å²) in [6.07, 6.45) is 0. The van der Waals surface area contributed by atoms with E-state index in [4.69, 9.17) is 5.73 Å². The number of hydrogen-bond donors (Lipinski definition) is 1. The highest BCUT2D eigenvalue weighted by molar-refractivity contribution is 5.69. The van der Waals surface area contributed by atoms with E-state index in [1.165, 1.54) is 0 Å². The van der Waals surface area contributed by atoms with E-state index in [1.54, 1.807) is 0 Å². The van der Waals surface area contributed by atoms with E-state index in [9.17, 15) is 0 Å². The van der Waals surface area contributed by atoms with Crippen LogP contribution in [0.3, 0.4) is 0 Å². The normalized spacial score (nSPS) is 10.3. The summed E-state index contributed by atoms with van der Waals surface area (Å²) in [5.41, 5.74) is 10.0. The summed E-state index contributed by atoms with van der Waals surface area (Å²) in [7, 11) is 0. The molecule has 3 heteroatoms. The molecule has 0 unspecified atom stereocenters. The third kappa shape index (κ3) is 1.96. The third-order valence-electron chi connectivity index (χ3n) is 2.20. The predicted molar refractivity (Wildman–Crippen MR) is 61.4 cm³/mol. The van der Waals surface area contributed by atoms with Crippen molar-refractivity contribution in [1.82, 2.24) is 9.97 Å². The Morgan fingerprint density at radius 1 is 0.933 bits per heavy atom. The van der Waals surface area contributed by atoms with Crippen LogP contribution in [0.25, 0.3) is 11.4 Å². The highest BCUT2D eigenvalue weighted by Crippen LogP contribution is 2.21. The van der Waals surface area contributed by atoms with Crippen LogP contribution in [0, 0.1) is 13.8 Å². The predicted octanol–water partition coefficient (Wildman–Crippen LogP) is 2.34. The maximum atomic E-state index is 5.87. The van der Waals surface area contributed by atoms with Crippen molar-refractivity contribution in [2.45, 2.75) is 13.8 Å². The molecule has 15 heavy (non-hydrogen) atoms. The maximum absolute atomic E-state index is 5.87. The summed E-state index contributed by atoms with van der Waals surface area (Å²) in [6.45, 7) is 3.90. The van der Waals surface area contributed by atoms with Gasteiger partial charge in [-0.1, -0.05) is 6.07 Å². The van der Waals surface area contributed by atoms with Crippen molar-refractivity contribution in [3.8, 4) is 11.4 Å². The van der Waals surface area contributed by atoms with E-state index in [1.807, 2.05) is 44.2 Å². The molecule has 0 bridgehead atoms. The minimum atomic E-state index is 0.665. The summed E-state index contributed by atoms with van der Waals surface area (Å²) in [4.78, 5) is 8.80. The lowest BCUT2D eigenvalue weighted by Gasteiger charge is -2.05. The van der Waals surface area contributed by atoms with E-state index in [2.05, 4.69) is 9.97 Å². The van der Waals surface area contributed by atoms with Crippen molar-refractivity contribution in [1.29, 1.82) is 0 Å². The molecule has 2 N–H and O–H groups in total. The highest BCUT2D eigenvalue weighted by atomic mass is 14.8. The minimum absolute atomic E-state index is 0.665. The standard InChI is InChI=1S/C12H13N3/c1-8-4-3-5-11(14-8)12-10(13)7-6-9(2)15-12/h3-7H,13H2,1-2H3. The van der Waals surface area contributed by atoms with Gasteiger partial charge in [0.15, 0.2) is 0 Å². The van der Waals surface area contributed by atoms with E-state index in [-0.39, 0.29) is 0 Å². The summed E-state index contributed by atoms with van der Waals surface area (Å²) >= 11 is 0. The molecular weight excluding hydrogens is 186 g/mol. The molecule has 0 aliphatic rings. The van der Waals surface area contributed by atoms with Gasteiger partial charge in [-0.05, 0) is 38.1 Å². The van der Waals surface area contributed by atoms with Crippen molar-refractivity contribution < 1.29 is 0 Å². The van der Waals surface area contributed by atoms with Crippen LogP contribution < -0.4 is 5.73 Å². The highest BCUT2D eigenvalue weighted by Gasteiger charge is 2.05. The quantitative estimate of drug-likeness (QED) is 0.767. The molecule has 0 saturated heterocycles. The molecule has 2 aromatic rings. The Labute approximate surface area is 89.0 Å². The molecule has 0 saturated carbocycles. The molecule has 0 aliphatic heterocycles. The second-order valence-corrected chi connectivity index (χ2v) is 3.55. The van der Waals surface area contributed by atoms with Crippen LogP contribution in [-0.4, -0.2) is 9.97 Å². The fourth-order valence-corrected chi connectivity index (χ4v) is 1.45. The van der Waals surface area contributed by atoms with Crippen molar-refractivity contribution in [2.75, 3.05) is 5.73 Å². The van der Waals surface area contributed by atoms with Gasteiger partial charge in [0, 0.05) is 11.4 Å². The lowest BCUT2D eigenvalue weighted by Crippen LogP contribution is -1.97. The number of aromatic nitrogens is 2. The number of rotatable bonds is 1. The number of nitrogens with zero attached hydrogens (tertiary/aromatic N) is 2. The summed E-state index contributed by atoms with van der Waals surface area (Å²) < 4.78 is 0. The lowest BCUT2D eigenvalue weighted by atomic mass is 10.2. The molecule has 3 nitrogen and oxygen atoms in total. The summed E-state index contributed by atoms with van der Waals surface area (Å²) in [6, 6.07) is 9.60. The Bertz CT molecular complexity index is 492. The molecule has 2 rings (SSSR count). The van der Waals surface area contributed by atoms with Crippen molar-refractivity contribution in [3.05, 3.63) is 41.7 Å². The molecule has 0 aliphatic carbocycles.